The summed E-state index contributed by atoms with van der Waals surface area (Å²) >= 11 is 7.31. The number of fused-ring (bicyclic) bond motifs is 1. The zero-order valence-electron chi connectivity index (χ0n) is 7.24. The van der Waals surface area contributed by atoms with E-state index in [1.165, 1.54) is 11.3 Å². The molecule has 0 atom stereocenters. The van der Waals surface area contributed by atoms with E-state index in [-0.39, 0.29) is 4.87 Å². The molecule has 0 N–H and O–H groups in total. The van der Waals surface area contributed by atoms with E-state index in [4.69, 9.17) is 11.6 Å². The fourth-order valence-corrected chi connectivity index (χ4v) is 2.75. The lowest BCUT2D eigenvalue weighted by Gasteiger charge is -2.04. The third-order valence-electron chi connectivity index (χ3n) is 2.24. The molecular formula is C9H7ClN2OS. The van der Waals surface area contributed by atoms with E-state index in [0.29, 0.717) is 5.02 Å². The lowest BCUT2D eigenvalue weighted by molar-refractivity contribution is 0.856. The second kappa shape index (κ2) is 2.74. The Morgan fingerprint density at radius 2 is 2.14 bits per heavy atom. The molecule has 1 aliphatic rings. The largest absolute Gasteiger partial charge is 0.326 e. The zero-order valence-corrected chi connectivity index (χ0v) is 8.81. The summed E-state index contributed by atoms with van der Waals surface area (Å²) in [5, 5.41) is 2.63. The van der Waals surface area contributed by atoms with Crippen molar-refractivity contribution in [3.63, 3.8) is 0 Å². The second-order valence-electron chi connectivity index (χ2n) is 3.22. The van der Waals surface area contributed by atoms with Gasteiger partial charge in [-0.2, -0.15) is 0 Å². The Hall–Kier alpha value is -1.00. The molecule has 3 rings (SSSR count). The van der Waals surface area contributed by atoms with Crippen LogP contribution in [0.2, 0.25) is 5.02 Å². The van der Waals surface area contributed by atoms with Crippen LogP contribution in [0.5, 0.6) is 0 Å². The summed E-state index contributed by atoms with van der Waals surface area (Å²) in [5.41, 5.74) is 0.849. The highest BCUT2D eigenvalue weighted by molar-refractivity contribution is 7.16. The van der Waals surface area contributed by atoms with Gasteiger partial charge in [0.2, 0.25) is 0 Å². The molecule has 0 saturated carbocycles. The van der Waals surface area contributed by atoms with Crippen molar-refractivity contribution in [2.75, 3.05) is 18.1 Å². The van der Waals surface area contributed by atoms with Crippen LogP contribution >= 0.6 is 22.9 Å². The van der Waals surface area contributed by atoms with Crippen LogP contribution < -0.4 is 9.88 Å². The van der Waals surface area contributed by atoms with Crippen molar-refractivity contribution in [1.82, 2.24) is 4.68 Å². The molecule has 2 heterocycles. The fraction of sp³-hybridized carbons (Fsp3) is 0.222. The number of benzene rings is 1. The van der Waals surface area contributed by atoms with Crippen LogP contribution in [0.3, 0.4) is 0 Å². The lowest BCUT2D eigenvalue weighted by Crippen LogP contribution is -2.23. The second-order valence-corrected chi connectivity index (χ2v) is 4.62. The number of aromatic nitrogens is 1. The highest BCUT2D eigenvalue weighted by atomic mass is 35.5. The molecule has 1 fully saturated rings. The Morgan fingerprint density at radius 1 is 1.36 bits per heavy atom. The number of thiazole rings is 1. The van der Waals surface area contributed by atoms with Gasteiger partial charge in [0.15, 0.2) is 0 Å². The third-order valence-corrected chi connectivity index (χ3v) is 3.44. The quantitative estimate of drug-likeness (QED) is 0.691. The summed E-state index contributed by atoms with van der Waals surface area (Å²) in [4.78, 5) is 11.7. The molecule has 72 valence electrons. The van der Waals surface area contributed by atoms with Gasteiger partial charge in [0.1, 0.15) is 5.52 Å². The van der Waals surface area contributed by atoms with Crippen LogP contribution in [0.15, 0.2) is 23.0 Å². The first-order chi connectivity index (χ1) is 6.77. The van der Waals surface area contributed by atoms with Crippen LogP contribution in [-0.2, 0) is 0 Å². The van der Waals surface area contributed by atoms with E-state index in [0.717, 1.165) is 23.3 Å². The minimum Gasteiger partial charge on any atom is -0.305 e. The van der Waals surface area contributed by atoms with E-state index in [1.54, 1.807) is 4.68 Å². The number of para-hydroxylation sites is 1. The van der Waals surface area contributed by atoms with Gasteiger partial charge in [-0.3, -0.25) is 4.79 Å². The molecule has 0 spiro atoms. The molecule has 1 aromatic carbocycles. The van der Waals surface area contributed by atoms with Crippen molar-refractivity contribution in [2.24, 2.45) is 0 Å². The summed E-state index contributed by atoms with van der Waals surface area (Å²) in [6.45, 7) is 1.88. The van der Waals surface area contributed by atoms with Crippen molar-refractivity contribution in [2.45, 2.75) is 0 Å². The average Bonchev–Trinajstić information content (AvgIpc) is 2.90. The van der Waals surface area contributed by atoms with Crippen LogP contribution in [-0.4, -0.2) is 17.8 Å². The standard InChI is InChI=1S/C9H7ClN2OS/c10-6-2-1-3-7-8(6)12(9(13)14-7)11-4-5-11/h1-3H,4-5H2. The summed E-state index contributed by atoms with van der Waals surface area (Å²) in [6, 6.07) is 5.61. The van der Waals surface area contributed by atoms with Gasteiger partial charge in [0, 0.05) is 0 Å². The van der Waals surface area contributed by atoms with Crippen LogP contribution in [0, 0.1) is 0 Å². The van der Waals surface area contributed by atoms with Gasteiger partial charge in [-0.25, -0.2) is 4.68 Å². The summed E-state index contributed by atoms with van der Waals surface area (Å²) in [6.07, 6.45) is 0. The number of rotatable bonds is 1. The van der Waals surface area contributed by atoms with Gasteiger partial charge < -0.3 is 5.01 Å². The molecule has 0 unspecified atom stereocenters. The maximum Gasteiger partial charge on any atom is 0.326 e. The minimum absolute atomic E-state index is 0.0469. The summed E-state index contributed by atoms with van der Waals surface area (Å²) in [7, 11) is 0. The van der Waals surface area contributed by atoms with E-state index in [2.05, 4.69) is 0 Å². The predicted molar refractivity (Wildman–Crippen MR) is 59.0 cm³/mol. The van der Waals surface area contributed by atoms with Gasteiger partial charge in [-0.15, -0.1) is 0 Å². The van der Waals surface area contributed by atoms with Gasteiger partial charge >= 0.3 is 4.87 Å². The Labute approximate surface area is 89.1 Å². The Bertz CT molecular complexity index is 555. The normalized spacial score (nSPS) is 15.1. The molecule has 0 radical (unpaired) electrons. The van der Waals surface area contributed by atoms with Gasteiger partial charge in [-0.1, -0.05) is 29.0 Å². The Morgan fingerprint density at radius 3 is 2.86 bits per heavy atom. The van der Waals surface area contributed by atoms with Crippen molar-refractivity contribution in [3.05, 3.63) is 32.9 Å². The number of hydrogen-bond donors (Lipinski definition) is 0. The molecule has 3 nitrogen and oxygen atoms in total. The van der Waals surface area contributed by atoms with Gasteiger partial charge in [0.25, 0.3) is 0 Å². The van der Waals surface area contributed by atoms with Crippen molar-refractivity contribution in [3.8, 4) is 0 Å². The number of hydrogen-bond acceptors (Lipinski definition) is 3. The van der Waals surface area contributed by atoms with Crippen molar-refractivity contribution < 1.29 is 0 Å². The smallest absolute Gasteiger partial charge is 0.305 e. The fourth-order valence-electron chi connectivity index (χ4n) is 1.51. The molecule has 0 aliphatic carbocycles. The topological polar surface area (TPSA) is 25.0 Å². The van der Waals surface area contributed by atoms with Gasteiger partial charge in [-0.05, 0) is 12.1 Å². The van der Waals surface area contributed by atoms with E-state index < -0.39 is 0 Å². The molecule has 1 saturated heterocycles. The molecule has 5 heteroatoms. The molecule has 1 aliphatic heterocycles. The summed E-state index contributed by atoms with van der Waals surface area (Å²) < 4.78 is 2.64. The molecule has 1 aromatic heterocycles. The first-order valence-electron chi connectivity index (χ1n) is 4.33. The highest BCUT2D eigenvalue weighted by Gasteiger charge is 2.23. The monoisotopic (exact) mass is 226 g/mol. The van der Waals surface area contributed by atoms with Crippen molar-refractivity contribution >= 4 is 33.2 Å². The maximum atomic E-state index is 11.7. The Kier molecular flexibility index (Phi) is 1.63. The molecule has 0 amide bonds. The molecule has 2 aromatic rings. The maximum absolute atomic E-state index is 11.7. The SMILES string of the molecule is O=c1sc2cccc(Cl)c2n1N1CC1. The van der Waals surface area contributed by atoms with Crippen molar-refractivity contribution in [1.29, 1.82) is 0 Å². The average molecular weight is 227 g/mol. The van der Waals surface area contributed by atoms with Crippen LogP contribution in [0.1, 0.15) is 0 Å². The first-order valence-corrected chi connectivity index (χ1v) is 5.52. The minimum atomic E-state index is 0.0469. The molecule has 0 bridgehead atoms. The lowest BCUT2D eigenvalue weighted by atomic mass is 10.3. The third kappa shape index (κ3) is 1.07. The molecule has 14 heavy (non-hydrogen) atoms. The predicted octanol–water partition coefficient (Wildman–Crippen LogP) is 1.67. The Balaban J connectivity index is 2.45. The van der Waals surface area contributed by atoms with Crippen LogP contribution in [0.25, 0.3) is 10.2 Å². The summed E-state index contributed by atoms with van der Waals surface area (Å²) in [5.74, 6) is 0. The number of halogens is 1. The van der Waals surface area contributed by atoms with E-state index in [1.807, 2.05) is 23.2 Å². The first kappa shape index (κ1) is 8.32. The molecular weight excluding hydrogens is 220 g/mol. The number of nitrogens with zero attached hydrogens (tertiary/aromatic N) is 2. The highest BCUT2D eigenvalue weighted by Crippen LogP contribution is 2.26. The van der Waals surface area contributed by atoms with Crippen LogP contribution in [0.4, 0.5) is 0 Å². The van der Waals surface area contributed by atoms with E-state index >= 15 is 0 Å². The van der Waals surface area contributed by atoms with Gasteiger partial charge in [0.05, 0.1) is 22.8 Å². The zero-order chi connectivity index (χ0) is 9.71. The van der Waals surface area contributed by atoms with E-state index in [9.17, 15) is 4.79 Å².